The van der Waals surface area contributed by atoms with Gasteiger partial charge in [-0.25, -0.2) is 9.59 Å². The molecule has 0 saturated heterocycles. The SMILES string of the molecule is CCOC(=O)c1c(C)[nH]c(C(=O)[C@H](C)Oc2ccc(C(=O)OC)cc2)c1C. The van der Waals surface area contributed by atoms with E-state index in [1.165, 1.54) is 7.11 Å². The van der Waals surface area contributed by atoms with Crippen LogP contribution in [0.25, 0.3) is 0 Å². The minimum absolute atomic E-state index is 0.257. The van der Waals surface area contributed by atoms with Gasteiger partial charge in [0.05, 0.1) is 30.5 Å². The molecule has 0 aliphatic rings. The third-order valence-electron chi connectivity index (χ3n) is 4.12. The predicted octanol–water partition coefficient (Wildman–Crippen LogP) is 3.25. The van der Waals surface area contributed by atoms with Crippen molar-refractivity contribution in [3.63, 3.8) is 0 Å². The maximum Gasteiger partial charge on any atom is 0.340 e. The number of aryl methyl sites for hydroxylation is 1. The summed E-state index contributed by atoms with van der Waals surface area (Å²) >= 11 is 0. The molecule has 0 unspecified atom stereocenters. The Morgan fingerprint density at radius 3 is 2.26 bits per heavy atom. The minimum atomic E-state index is -0.791. The van der Waals surface area contributed by atoms with Gasteiger partial charge in [0.2, 0.25) is 5.78 Å². The van der Waals surface area contributed by atoms with E-state index >= 15 is 0 Å². The van der Waals surface area contributed by atoms with Crippen LogP contribution in [0.2, 0.25) is 0 Å². The van der Waals surface area contributed by atoms with E-state index < -0.39 is 18.0 Å². The van der Waals surface area contributed by atoms with Gasteiger partial charge in [-0.1, -0.05) is 0 Å². The van der Waals surface area contributed by atoms with E-state index in [0.29, 0.717) is 33.8 Å². The largest absolute Gasteiger partial charge is 0.483 e. The van der Waals surface area contributed by atoms with Gasteiger partial charge in [0.15, 0.2) is 6.10 Å². The van der Waals surface area contributed by atoms with E-state index in [0.717, 1.165) is 0 Å². The Morgan fingerprint density at radius 1 is 1.07 bits per heavy atom. The number of methoxy groups -OCH3 is 1. The molecule has 7 heteroatoms. The predicted molar refractivity (Wildman–Crippen MR) is 98.4 cm³/mol. The van der Waals surface area contributed by atoms with Crippen molar-refractivity contribution in [2.24, 2.45) is 0 Å². The lowest BCUT2D eigenvalue weighted by Crippen LogP contribution is -2.25. The second kappa shape index (κ2) is 8.53. The van der Waals surface area contributed by atoms with Gasteiger partial charge in [-0.3, -0.25) is 4.79 Å². The first kappa shape index (κ1) is 20.2. The monoisotopic (exact) mass is 373 g/mol. The lowest BCUT2D eigenvalue weighted by Gasteiger charge is -2.14. The molecular formula is C20H23NO6. The summed E-state index contributed by atoms with van der Waals surface area (Å²) < 4.78 is 15.4. The second-order valence-corrected chi connectivity index (χ2v) is 5.99. The number of aromatic nitrogens is 1. The van der Waals surface area contributed by atoms with Crippen LogP contribution < -0.4 is 4.74 Å². The number of nitrogens with one attached hydrogen (secondary N) is 1. The van der Waals surface area contributed by atoms with E-state index in [4.69, 9.17) is 9.47 Å². The number of carbonyl (C=O) groups is 3. The van der Waals surface area contributed by atoms with Gasteiger partial charge in [-0.05, 0) is 57.5 Å². The molecule has 0 bridgehead atoms. The van der Waals surface area contributed by atoms with E-state index in [1.807, 2.05) is 0 Å². The Kier molecular flexibility index (Phi) is 6.39. The fourth-order valence-electron chi connectivity index (χ4n) is 2.75. The van der Waals surface area contributed by atoms with Crippen molar-refractivity contribution in [2.45, 2.75) is 33.8 Å². The first-order valence-corrected chi connectivity index (χ1v) is 8.55. The third kappa shape index (κ3) is 4.36. The Morgan fingerprint density at radius 2 is 1.70 bits per heavy atom. The molecule has 2 rings (SSSR count). The topological polar surface area (TPSA) is 94.7 Å². The van der Waals surface area contributed by atoms with E-state index in [1.54, 1.807) is 52.0 Å². The number of H-pyrrole nitrogens is 1. The quantitative estimate of drug-likeness (QED) is 0.591. The number of benzene rings is 1. The summed E-state index contributed by atoms with van der Waals surface area (Å²) in [6, 6.07) is 6.29. The van der Waals surface area contributed by atoms with Gasteiger partial charge < -0.3 is 19.2 Å². The molecule has 0 spiro atoms. The van der Waals surface area contributed by atoms with E-state index in [9.17, 15) is 14.4 Å². The zero-order valence-electron chi connectivity index (χ0n) is 16.0. The zero-order valence-corrected chi connectivity index (χ0v) is 16.0. The van der Waals surface area contributed by atoms with Crippen LogP contribution in [0.1, 0.15) is 56.3 Å². The van der Waals surface area contributed by atoms with Gasteiger partial charge in [0, 0.05) is 5.69 Å². The summed E-state index contributed by atoms with van der Waals surface area (Å²) in [6.45, 7) is 7.01. The molecule has 1 aromatic heterocycles. The van der Waals surface area contributed by atoms with Crippen molar-refractivity contribution in [3.8, 4) is 5.75 Å². The first-order chi connectivity index (χ1) is 12.8. The number of esters is 2. The number of aromatic amines is 1. The van der Waals surface area contributed by atoms with Gasteiger partial charge in [0.25, 0.3) is 0 Å². The fraction of sp³-hybridized carbons (Fsp3) is 0.350. The van der Waals surface area contributed by atoms with Gasteiger partial charge in [0.1, 0.15) is 5.75 Å². The molecule has 144 valence electrons. The highest BCUT2D eigenvalue weighted by atomic mass is 16.5. The summed E-state index contributed by atoms with van der Waals surface area (Å²) in [5.74, 6) is -0.761. The Labute approximate surface area is 157 Å². The molecule has 0 radical (unpaired) electrons. The van der Waals surface area contributed by atoms with Crippen molar-refractivity contribution in [1.82, 2.24) is 4.98 Å². The number of carbonyl (C=O) groups excluding carboxylic acids is 3. The van der Waals surface area contributed by atoms with Crippen molar-refractivity contribution in [2.75, 3.05) is 13.7 Å². The smallest absolute Gasteiger partial charge is 0.340 e. The Hall–Kier alpha value is -3.09. The molecule has 0 amide bonds. The van der Waals surface area contributed by atoms with Crippen molar-refractivity contribution >= 4 is 17.7 Å². The highest BCUT2D eigenvalue weighted by Gasteiger charge is 2.26. The average Bonchev–Trinajstić information content (AvgIpc) is 2.95. The van der Waals surface area contributed by atoms with Crippen molar-refractivity contribution in [1.29, 1.82) is 0 Å². The molecule has 7 nitrogen and oxygen atoms in total. The molecule has 1 aromatic carbocycles. The van der Waals surface area contributed by atoms with Crippen LogP contribution in [-0.4, -0.2) is 42.5 Å². The normalized spacial score (nSPS) is 11.6. The maximum absolute atomic E-state index is 12.8. The highest BCUT2D eigenvalue weighted by molar-refractivity contribution is 6.03. The van der Waals surface area contributed by atoms with Crippen LogP contribution in [0, 0.1) is 13.8 Å². The second-order valence-electron chi connectivity index (χ2n) is 5.99. The summed E-state index contributed by atoms with van der Waals surface area (Å²) in [6.07, 6.45) is -0.791. The standard InChI is InChI=1S/C20H23NO6/c1-6-26-20(24)16-11(2)17(21-12(16)3)18(22)13(4)27-15-9-7-14(8-10-15)19(23)25-5/h7-10,13,21H,6H2,1-5H3/t13-/m0/s1. The minimum Gasteiger partial charge on any atom is -0.483 e. The fourth-order valence-corrected chi connectivity index (χ4v) is 2.75. The maximum atomic E-state index is 12.8. The number of hydrogen-bond acceptors (Lipinski definition) is 6. The van der Waals surface area contributed by atoms with Crippen molar-refractivity contribution in [3.05, 3.63) is 52.3 Å². The molecule has 27 heavy (non-hydrogen) atoms. The van der Waals surface area contributed by atoms with Crippen LogP contribution in [0.15, 0.2) is 24.3 Å². The van der Waals surface area contributed by atoms with Gasteiger partial charge >= 0.3 is 11.9 Å². The zero-order chi connectivity index (χ0) is 20.1. The number of rotatable bonds is 7. The summed E-state index contributed by atoms with van der Waals surface area (Å²) in [7, 11) is 1.30. The van der Waals surface area contributed by atoms with Crippen LogP contribution in [0.5, 0.6) is 5.75 Å². The van der Waals surface area contributed by atoms with Gasteiger partial charge in [-0.2, -0.15) is 0 Å². The van der Waals surface area contributed by atoms with E-state index in [2.05, 4.69) is 9.72 Å². The summed E-state index contributed by atoms with van der Waals surface area (Å²) in [4.78, 5) is 39.2. The molecule has 2 aromatic rings. The van der Waals surface area contributed by atoms with Crippen LogP contribution in [0.3, 0.4) is 0 Å². The molecule has 0 aliphatic carbocycles. The Bertz CT molecular complexity index is 850. The molecular weight excluding hydrogens is 350 g/mol. The van der Waals surface area contributed by atoms with Crippen LogP contribution >= 0.6 is 0 Å². The first-order valence-electron chi connectivity index (χ1n) is 8.55. The molecule has 1 heterocycles. The summed E-state index contributed by atoms with van der Waals surface area (Å²) in [5, 5.41) is 0. The molecule has 1 atom stereocenters. The van der Waals surface area contributed by atoms with Crippen LogP contribution in [0.4, 0.5) is 0 Å². The average molecular weight is 373 g/mol. The lowest BCUT2D eigenvalue weighted by atomic mass is 10.1. The third-order valence-corrected chi connectivity index (χ3v) is 4.12. The number of Topliss-reactive ketones (excluding diaryl/α,β-unsaturated/α-hetero) is 1. The molecule has 1 N–H and O–H groups in total. The lowest BCUT2D eigenvalue weighted by molar-refractivity contribution is 0.0524. The molecule has 0 aliphatic heterocycles. The summed E-state index contributed by atoms with van der Waals surface area (Å²) in [5.41, 5.74) is 2.18. The van der Waals surface area contributed by atoms with Gasteiger partial charge in [-0.15, -0.1) is 0 Å². The number of ether oxygens (including phenoxy) is 3. The van der Waals surface area contributed by atoms with E-state index in [-0.39, 0.29) is 12.4 Å². The molecule has 0 saturated carbocycles. The highest BCUT2D eigenvalue weighted by Crippen LogP contribution is 2.22. The number of hydrogen-bond donors (Lipinski definition) is 1. The van der Waals surface area contributed by atoms with Crippen LogP contribution in [-0.2, 0) is 9.47 Å². The molecule has 0 fully saturated rings. The number of ketones is 1. The van der Waals surface area contributed by atoms with Crippen molar-refractivity contribution < 1.29 is 28.6 Å². The Balaban J connectivity index is 2.17.